The third kappa shape index (κ3) is 4.03. The standard InChI is InChI=1S/C20H23N5O2/c1-12-5-6-14(9-13(12)2)24-19-18(21)20(23-11-22-19)25-16-8-7-15(26-3)10-17(16)27-4/h5-11H,21H2,1-4H3,(H2,22,23,24,25). The molecule has 0 aliphatic heterocycles. The molecule has 140 valence electrons. The Hall–Kier alpha value is -3.48. The van der Waals surface area contributed by atoms with E-state index in [0.717, 1.165) is 11.4 Å². The second-order valence-electron chi connectivity index (χ2n) is 6.10. The number of aromatic nitrogens is 2. The Morgan fingerprint density at radius 3 is 2.26 bits per heavy atom. The molecule has 0 aliphatic carbocycles. The number of nitrogen functional groups attached to an aromatic ring is 1. The monoisotopic (exact) mass is 365 g/mol. The summed E-state index contributed by atoms with van der Waals surface area (Å²) in [7, 11) is 3.20. The summed E-state index contributed by atoms with van der Waals surface area (Å²) in [5, 5.41) is 6.44. The van der Waals surface area contributed by atoms with Crippen molar-refractivity contribution in [3.63, 3.8) is 0 Å². The zero-order valence-electron chi connectivity index (χ0n) is 15.8. The lowest BCUT2D eigenvalue weighted by Gasteiger charge is -2.15. The molecule has 2 aromatic carbocycles. The number of nitrogens with two attached hydrogens (primary N) is 1. The molecule has 0 unspecified atom stereocenters. The summed E-state index contributed by atoms with van der Waals surface area (Å²) < 4.78 is 10.6. The molecule has 0 atom stereocenters. The van der Waals surface area contributed by atoms with E-state index >= 15 is 0 Å². The van der Waals surface area contributed by atoms with Crippen molar-refractivity contribution >= 4 is 28.7 Å². The van der Waals surface area contributed by atoms with Crippen LogP contribution in [0.3, 0.4) is 0 Å². The van der Waals surface area contributed by atoms with Gasteiger partial charge in [0.05, 0.1) is 19.9 Å². The average molecular weight is 365 g/mol. The first-order chi connectivity index (χ1) is 13.0. The van der Waals surface area contributed by atoms with Crippen LogP contribution in [-0.2, 0) is 0 Å². The molecule has 1 heterocycles. The van der Waals surface area contributed by atoms with Crippen molar-refractivity contribution in [1.29, 1.82) is 0 Å². The van der Waals surface area contributed by atoms with Crippen molar-refractivity contribution in [1.82, 2.24) is 9.97 Å². The summed E-state index contributed by atoms with van der Waals surface area (Å²) in [6.07, 6.45) is 1.46. The van der Waals surface area contributed by atoms with Crippen LogP contribution in [0.25, 0.3) is 0 Å². The smallest absolute Gasteiger partial charge is 0.159 e. The third-order valence-electron chi connectivity index (χ3n) is 4.32. The van der Waals surface area contributed by atoms with Crippen LogP contribution in [-0.4, -0.2) is 24.2 Å². The van der Waals surface area contributed by atoms with E-state index in [2.05, 4.69) is 46.6 Å². The van der Waals surface area contributed by atoms with Crippen molar-refractivity contribution in [3.05, 3.63) is 53.9 Å². The lowest BCUT2D eigenvalue weighted by atomic mass is 10.1. The van der Waals surface area contributed by atoms with Crippen molar-refractivity contribution in [2.75, 3.05) is 30.6 Å². The fourth-order valence-corrected chi connectivity index (χ4v) is 2.58. The maximum Gasteiger partial charge on any atom is 0.159 e. The summed E-state index contributed by atoms with van der Waals surface area (Å²) in [5.41, 5.74) is 10.7. The van der Waals surface area contributed by atoms with Crippen LogP contribution >= 0.6 is 0 Å². The minimum atomic E-state index is 0.411. The highest BCUT2D eigenvalue weighted by Crippen LogP contribution is 2.34. The van der Waals surface area contributed by atoms with Gasteiger partial charge in [-0.25, -0.2) is 9.97 Å². The number of ether oxygens (including phenoxy) is 2. The van der Waals surface area contributed by atoms with Gasteiger partial charge in [0.1, 0.15) is 23.5 Å². The molecule has 3 rings (SSSR count). The maximum atomic E-state index is 6.28. The molecule has 0 fully saturated rings. The van der Waals surface area contributed by atoms with Crippen LogP contribution in [0.15, 0.2) is 42.7 Å². The lowest BCUT2D eigenvalue weighted by molar-refractivity contribution is 0.395. The van der Waals surface area contributed by atoms with Crippen LogP contribution in [0.2, 0.25) is 0 Å². The summed E-state index contributed by atoms with van der Waals surface area (Å²) >= 11 is 0. The highest BCUT2D eigenvalue weighted by molar-refractivity contribution is 5.81. The first-order valence-electron chi connectivity index (χ1n) is 8.45. The Morgan fingerprint density at radius 2 is 1.59 bits per heavy atom. The molecule has 7 nitrogen and oxygen atoms in total. The number of anilines is 5. The van der Waals surface area contributed by atoms with Crippen molar-refractivity contribution in [3.8, 4) is 11.5 Å². The number of nitrogens with one attached hydrogen (secondary N) is 2. The molecule has 0 amide bonds. The summed E-state index contributed by atoms with van der Waals surface area (Å²) in [4.78, 5) is 8.51. The summed E-state index contributed by atoms with van der Waals surface area (Å²) in [6, 6.07) is 11.6. The van der Waals surface area contributed by atoms with Gasteiger partial charge in [-0.2, -0.15) is 0 Å². The highest BCUT2D eigenvalue weighted by atomic mass is 16.5. The first-order valence-corrected chi connectivity index (χ1v) is 8.45. The topological polar surface area (TPSA) is 94.3 Å². The van der Waals surface area contributed by atoms with Crippen molar-refractivity contribution in [2.24, 2.45) is 0 Å². The van der Waals surface area contributed by atoms with Gasteiger partial charge in [0, 0.05) is 11.8 Å². The minimum Gasteiger partial charge on any atom is -0.497 e. The Balaban J connectivity index is 1.88. The number of methoxy groups -OCH3 is 2. The summed E-state index contributed by atoms with van der Waals surface area (Å²) in [6.45, 7) is 4.13. The van der Waals surface area contributed by atoms with Gasteiger partial charge in [0.2, 0.25) is 0 Å². The van der Waals surface area contributed by atoms with E-state index in [1.807, 2.05) is 18.2 Å². The van der Waals surface area contributed by atoms with Crippen LogP contribution in [0.5, 0.6) is 11.5 Å². The van der Waals surface area contributed by atoms with E-state index in [9.17, 15) is 0 Å². The number of nitrogens with zero attached hydrogens (tertiary/aromatic N) is 2. The highest BCUT2D eigenvalue weighted by Gasteiger charge is 2.12. The van der Waals surface area contributed by atoms with Gasteiger partial charge in [-0.15, -0.1) is 0 Å². The molecular formula is C20H23N5O2. The zero-order valence-corrected chi connectivity index (χ0v) is 15.8. The van der Waals surface area contributed by atoms with Crippen LogP contribution in [0.4, 0.5) is 28.7 Å². The normalized spacial score (nSPS) is 10.4. The SMILES string of the molecule is COc1ccc(Nc2ncnc(Nc3ccc(C)c(C)c3)c2N)c(OC)c1. The molecule has 7 heteroatoms. The van der Waals surface area contributed by atoms with Gasteiger partial charge in [-0.3, -0.25) is 0 Å². The molecule has 0 bridgehead atoms. The minimum absolute atomic E-state index is 0.411. The molecular weight excluding hydrogens is 342 g/mol. The van der Waals surface area contributed by atoms with E-state index in [-0.39, 0.29) is 0 Å². The number of hydrogen-bond donors (Lipinski definition) is 3. The van der Waals surface area contributed by atoms with Gasteiger partial charge < -0.3 is 25.8 Å². The third-order valence-corrected chi connectivity index (χ3v) is 4.32. The van der Waals surface area contributed by atoms with Crippen LogP contribution in [0.1, 0.15) is 11.1 Å². The fourth-order valence-electron chi connectivity index (χ4n) is 2.58. The van der Waals surface area contributed by atoms with Crippen LogP contribution in [0, 0.1) is 13.8 Å². The van der Waals surface area contributed by atoms with Gasteiger partial charge in [0.15, 0.2) is 11.6 Å². The molecule has 0 radical (unpaired) electrons. The maximum absolute atomic E-state index is 6.28. The van der Waals surface area contributed by atoms with E-state index < -0.39 is 0 Å². The molecule has 0 spiro atoms. The molecule has 1 aromatic heterocycles. The Morgan fingerprint density at radius 1 is 0.852 bits per heavy atom. The van der Waals surface area contributed by atoms with Gasteiger partial charge in [0.25, 0.3) is 0 Å². The largest absolute Gasteiger partial charge is 0.497 e. The second kappa shape index (κ2) is 7.82. The van der Waals surface area contributed by atoms with Crippen molar-refractivity contribution in [2.45, 2.75) is 13.8 Å². The predicted molar refractivity (Wildman–Crippen MR) is 108 cm³/mol. The summed E-state index contributed by atoms with van der Waals surface area (Å²) in [5.74, 6) is 2.34. The predicted octanol–water partition coefficient (Wildman–Crippen LogP) is 4.18. The molecule has 0 saturated carbocycles. The quantitative estimate of drug-likeness (QED) is 0.603. The molecule has 27 heavy (non-hydrogen) atoms. The van der Waals surface area contributed by atoms with Crippen LogP contribution < -0.4 is 25.8 Å². The number of rotatable bonds is 6. The molecule has 3 aromatic rings. The zero-order chi connectivity index (χ0) is 19.4. The van der Waals surface area contributed by atoms with E-state index in [1.165, 1.54) is 17.5 Å². The molecule has 0 saturated heterocycles. The van der Waals surface area contributed by atoms with Crippen molar-refractivity contribution < 1.29 is 9.47 Å². The average Bonchev–Trinajstić information content (AvgIpc) is 2.68. The number of benzene rings is 2. The Bertz CT molecular complexity index is 959. The van der Waals surface area contributed by atoms with E-state index in [4.69, 9.17) is 15.2 Å². The van der Waals surface area contributed by atoms with Gasteiger partial charge >= 0.3 is 0 Å². The molecule has 0 aliphatic rings. The van der Waals surface area contributed by atoms with Gasteiger partial charge in [-0.1, -0.05) is 6.07 Å². The lowest BCUT2D eigenvalue weighted by Crippen LogP contribution is -2.06. The Kier molecular flexibility index (Phi) is 5.30. The fraction of sp³-hybridized carbons (Fsp3) is 0.200. The van der Waals surface area contributed by atoms with Gasteiger partial charge in [-0.05, 0) is 49.2 Å². The van der Waals surface area contributed by atoms with E-state index in [1.54, 1.807) is 20.3 Å². The number of hydrogen-bond acceptors (Lipinski definition) is 7. The first kappa shape index (κ1) is 18.3. The van der Waals surface area contributed by atoms with E-state index in [0.29, 0.717) is 28.8 Å². The molecule has 4 N–H and O–H groups in total. The number of aryl methyl sites for hydroxylation is 2. The second-order valence-corrected chi connectivity index (χ2v) is 6.10. The Labute approximate surface area is 158 Å².